The Bertz CT molecular complexity index is 522. The summed E-state index contributed by atoms with van der Waals surface area (Å²) in [5.74, 6) is -0.427. The number of aromatic amines is 1. The largest absolute Gasteiger partial charge is 0.383 e. The summed E-state index contributed by atoms with van der Waals surface area (Å²) < 4.78 is 25.0. The first-order chi connectivity index (χ1) is 8.25. The molecule has 0 radical (unpaired) electrons. The quantitative estimate of drug-likeness (QED) is 0.645. The molecule has 1 aromatic rings. The van der Waals surface area contributed by atoms with Gasteiger partial charge < -0.3 is 11.1 Å². The van der Waals surface area contributed by atoms with Crippen molar-refractivity contribution in [3.8, 4) is 0 Å². The van der Waals surface area contributed by atoms with Crippen molar-refractivity contribution in [3.05, 3.63) is 6.20 Å². The van der Waals surface area contributed by atoms with Crippen molar-refractivity contribution in [3.63, 3.8) is 0 Å². The Morgan fingerprint density at radius 2 is 2.22 bits per heavy atom. The molecule has 0 saturated heterocycles. The van der Waals surface area contributed by atoms with Crippen LogP contribution in [0.2, 0.25) is 0 Å². The maximum absolute atomic E-state index is 12.0. The number of likely N-dealkylation sites (N-methyl/N-ethyl adjacent to an activating group) is 1. The molecule has 0 aliphatic carbocycles. The highest BCUT2D eigenvalue weighted by Crippen LogP contribution is 2.17. The molecule has 4 N–H and O–H groups in total. The number of aromatic nitrogens is 2. The van der Waals surface area contributed by atoms with Crippen LogP contribution in [0.25, 0.3) is 0 Å². The average molecular weight is 275 g/mol. The minimum absolute atomic E-state index is 0.0485. The number of carbonyl (C=O) groups excluding carboxylic acids is 1. The number of nitrogens with zero attached hydrogens (tertiary/aromatic N) is 2. The molecule has 0 atom stereocenters. The van der Waals surface area contributed by atoms with Crippen LogP contribution in [0.1, 0.15) is 13.8 Å². The fourth-order valence-electron chi connectivity index (χ4n) is 1.31. The number of hydrogen-bond acceptors (Lipinski definition) is 5. The Kier molecular flexibility index (Phi) is 4.30. The van der Waals surface area contributed by atoms with Gasteiger partial charge in [-0.15, -0.1) is 0 Å². The molecule has 0 unspecified atom stereocenters. The van der Waals surface area contributed by atoms with E-state index in [-0.39, 0.29) is 29.2 Å². The predicted octanol–water partition coefficient (Wildman–Crippen LogP) is -0.863. The molecule has 0 aromatic carbocycles. The molecule has 0 saturated carbocycles. The van der Waals surface area contributed by atoms with Gasteiger partial charge in [-0.05, 0) is 13.8 Å². The first-order valence-corrected chi connectivity index (χ1v) is 6.73. The Morgan fingerprint density at radius 1 is 1.61 bits per heavy atom. The zero-order valence-corrected chi connectivity index (χ0v) is 11.3. The van der Waals surface area contributed by atoms with Gasteiger partial charge in [0.1, 0.15) is 10.7 Å². The molecular formula is C9H17N5O3S. The third-order valence-electron chi connectivity index (χ3n) is 2.14. The van der Waals surface area contributed by atoms with Gasteiger partial charge in [0.15, 0.2) is 0 Å². The maximum Gasteiger partial charge on any atom is 0.248 e. The van der Waals surface area contributed by atoms with Gasteiger partial charge in [-0.1, -0.05) is 0 Å². The van der Waals surface area contributed by atoms with Gasteiger partial charge in [0.2, 0.25) is 15.9 Å². The number of rotatable bonds is 5. The number of nitrogens with one attached hydrogen (secondary N) is 2. The van der Waals surface area contributed by atoms with Crippen LogP contribution in [-0.4, -0.2) is 48.5 Å². The Hall–Kier alpha value is -1.61. The molecule has 1 heterocycles. The van der Waals surface area contributed by atoms with Crippen molar-refractivity contribution >= 4 is 21.7 Å². The molecular weight excluding hydrogens is 258 g/mol. The van der Waals surface area contributed by atoms with Crippen molar-refractivity contribution in [1.82, 2.24) is 19.8 Å². The minimum Gasteiger partial charge on any atom is -0.383 e. The zero-order valence-electron chi connectivity index (χ0n) is 10.5. The fourth-order valence-corrected chi connectivity index (χ4v) is 2.45. The lowest BCUT2D eigenvalue weighted by atomic mass is 10.4. The van der Waals surface area contributed by atoms with E-state index in [1.165, 1.54) is 7.05 Å². The monoisotopic (exact) mass is 275 g/mol. The van der Waals surface area contributed by atoms with Gasteiger partial charge in [0.25, 0.3) is 0 Å². The summed E-state index contributed by atoms with van der Waals surface area (Å²) in [5.41, 5.74) is 5.45. The second-order valence-corrected chi connectivity index (χ2v) is 6.14. The van der Waals surface area contributed by atoms with Crippen molar-refractivity contribution in [2.24, 2.45) is 0 Å². The van der Waals surface area contributed by atoms with E-state index < -0.39 is 10.0 Å². The average Bonchev–Trinajstić information content (AvgIpc) is 2.63. The fraction of sp³-hybridized carbons (Fsp3) is 0.556. The molecule has 102 valence electrons. The molecule has 0 bridgehead atoms. The molecule has 9 heteroatoms. The van der Waals surface area contributed by atoms with E-state index in [0.29, 0.717) is 0 Å². The predicted molar refractivity (Wildman–Crippen MR) is 66.1 cm³/mol. The van der Waals surface area contributed by atoms with Crippen molar-refractivity contribution in [2.75, 3.05) is 19.3 Å². The summed E-state index contributed by atoms with van der Waals surface area (Å²) in [6.45, 7) is 3.31. The SMILES string of the molecule is CC(C)NC(=O)CN(C)S(=O)(=O)c1cn[nH]c1N. The van der Waals surface area contributed by atoms with Gasteiger partial charge in [-0.25, -0.2) is 8.42 Å². The third-order valence-corrected chi connectivity index (χ3v) is 3.97. The highest BCUT2D eigenvalue weighted by Gasteiger charge is 2.26. The minimum atomic E-state index is -3.80. The van der Waals surface area contributed by atoms with E-state index in [0.717, 1.165) is 10.5 Å². The van der Waals surface area contributed by atoms with E-state index in [1.807, 2.05) is 0 Å². The molecule has 1 rings (SSSR count). The number of anilines is 1. The highest BCUT2D eigenvalue weighted by atomic mass is 32.2. The number of nitrogen functional groups attached to an aromatic ring is 1. The van der Waals surface area contributed by atoms with Crippen molar-refractivity contribution < 1.29 is 13.2 Å². The molecule has 1 aromatic heterocycles. The van der Waals surface area contributed by atoms with Crippen LogP contribution in [-0.2, 0) is 14.8 Å². The van der Waals surface area contributed by atoms with Crippen LogP contribution in [0.15, 0.2) is 11.1 Å². The van der Waals surface area contributed by atoms with Crippen LogP contribution in [0.5, 0.6) is 0 Å². The smallest absolute Gasteiger partial charge is 0.248 e. The molecule has 0 aliphatic heterocycles. The molecule has 0 aliphatic rings. The molecule has 0 fully saturated rings. The number of sulfonamides is 1. The molecule has 18 heavy (non-hydrogen) atoms. The standard InChI is InChI=1S/C9H17N5O3S/c1-6(2)12-8(15)5-14(3)18(16,17)7-4-11-13-9(7)10/h4,6H,5H2,1-3H3,(H,12,15)(H3,10,11,13). The number of carbonyl (C=O) groups is 1. The van der Waals surface area contributed by atoms with E-state index in [1.54, 1.807) is 13.8 Å². The number of H-pyrrole nitrogens is 1. The molecule has 1 amide bonds. The van der Waals surface area contributed by atoms with E-state index in [9.17, 15) is 13.2 Å². The van der Waals surface area contributed by atoms with E-state index in [4.69, 9.17) is 5.73 Å². The summed E-state index contributed by atoms with van der Waals surface area (Å²) in [4.78, 5) is 11.4. The second kappa shape index (κ2) is 5.36. The second-order valence-electron chi connectivity index (χ2n) is 4.13. The first-order valence-electron chi connectivity index (χ1n) is 5.29. The van der Waals surface area contributed by atoms with Gasteiger partial charge in [-0.2, -0.15) is 9.40 Å². The maximum atomic E-state index is 12.0. The van der Waals surface area contributed by atoms with Crippen LogP contribution in [0.4, 0.5) is 5.82 Å². The van der Waals surface area contributed by atoms with Crippen molar-refractivity contribution in [1.29, 1.82) is 0 Å². The zero-order chi connectivity index (χ0) is 13.9. The number of amides is 1. The summed E-state index contributed by atoms with van der Waals surface area (Å²) >= 11 is 0. The lowest BCUT2D eigenvalue weighted by Crippen LogP contribution is -2.40. The molecule has 8 nitrogen and oxygen atoms in total. The van der Waals surface area contributed by atoms with Crippen LogP contribution in [0, 0.1) is 0 Å². The van der Waals surface area contributed by atoms with Gasteiger partial charge in [0, 0.05) is 13.1 Å². The van der Waals surface area contributed by atoms with Gasteiger partial charge >= 0.3 is 0 Å². The Labute approximate surface area is 106 Å². The van der Waals surface area contributed by atoms with Crippen LogP contribution in [0.3, 0.4) is 0 Å². The van der Waals surface area contributed by atoms with Crippen molar-refractivity contribution in [2.45, 2.75) is 24.8 Å². The normalized spacial score (nSPS) is 12.1. The summed E-state index contributed by atoms with van der Waals surface area (Å²) in [6.07, 6.45) is 1.11. The lowest BCUT2D eigenvalue weighted by Gasteiger charge is -2.17. The highest BCUT2D eigenvalue weighted by molar-refractivity contribution is 7.89. The van der Waals surface area contributed by atoms with Gasteiger partial charge in [-0.3, -0.25) is 9.89 Å². The van der Waals surface area contributed by atoms with Crippen LogP contribution < -0.4 is 11.1 Å². The van der Waals surface area contributed by atoms with E-state index >= 15 is 0 Å². The lowest BCUT2D eigenvalue weighted by molar-refractivity contribution is -0.121. The topological polar surface area (TPSA) is 121 Å². The Morgan fingerprint density at radius 3 is 2.67 bits per heavy atom. The summed E-state index contributed by atoms with van der Waals surface area (Å²) in [5, 5.41) is 8.48. The summed E-state index contributed by atoms with van der Waals surface area (Å²) in [7, 11) is -2.50. The number of nitrogens with two attached hydrogens (primary N) is 1. The van der Waals surface area contributed by atoms with E-state index in [2.05, 4.69) is 15.5 Å². The summed E-state index contributed by atoms with van der Waals surface area (Å²) in [6, 6.07) is -0.0485. The number of hydrogen-bond donors (Lipinski definition) is 3. The third kappa shape index (κ3) is 3.20. The van der Waals surface area contributed by atoms with Crippen LogP contribution >= 0.6 is 0 Å². The van der Waals surface area contributed by atoms with Gasteiger partial charge in [0.05, 0.1) is 12.7 Å². The molecule has 0 spiro atoms. The Balaban J connectivity index is 2.81. The first kappa shape index (κ1) is 14.5.